The van der Waals surface area contributed by atoms with Crippen LogP contribution >= 0.6 is 11.6 Å². The van der Waals surface area contributed by atoms with Gasteiger partial charge in [-0.25, -0.2) is 9.97 Å². The van der Waals surface area contributed by atoms with Gasteiger partial charge in [0.25, 0.3) is 0 Å². The number of piperidine rings is 1. The molecule has 1 saturated heterocycles. The normalized spacial score (nSPS) is 21.2. The van der Waals surface area contributed by atoms with Crippen molar-refractivity contribution in [2.24, 2.45) is 0 Å². The van der Waals surface area contributed by atoms with E-state index in [9.17, 15) is 0 Å². The first kappa shape index (κ1) is 11.6. The minimum absolute atomic E-state index is 0.516. The first-order chi connectivity index (χ1) is 7.59. The Kier molecular flexibility index (Phi) is 3.33. The second-order valence-electron chi connectivity index (χ2n) is 4.55. The molecule has 1 atom stereocenters. The fourth-order valence-corrected chi connectivity index (χ4v) is 2.44. The molecule has 1 unspecified atom stereocenters. The molecule has 3 nitrogen and oxygen atoms in total. The van der Waals surface area contributed by atoms with Crippen LogP contribution in [0.2, 0.25) is 5.15 Å². The van der Waals surface area contributed by atoms with Gasteiger partial charge in [-0.3, -0.25) is 0 Å². The van der Waals surface area contributed by atoms with E-state index in [0.29, 0.717) is 11.2 Å². The topological polar surface area (TPSA) is 29.0 Å². The molecule has 2 heterocycles. The van der Waals surface area contributed by atoms with Gasteiger partial charge in [-0.1, -0.05) is 11.6 Å². The maximum absolute atomic E-state index is 6.18. The van der Waals surface area contributed by atoms with Crippen molar-refractivity contribution in [3.05, 3.63) is 16.5 Å². The minimum Gasteiger partial charge on any atom is -0.351 e. The molecular formula is C12H18ClN3. The molecule has 0 saturated carbocycles. The quantitative estimate of drug-likeness (QED) is 0.754. The zero-order valence-corrected chi connectivity index (χ0v) is 10.9. The van der Waals surface area contributed by atoms with Crippen LogP contribution in [0.5, 0.6) is 0 Å². The van der Waals surface area contributed by atoms with Gasteiger partial charge in [-0.05, 0) is 40.0 Å². The molecule has 1 aliphatic heterocycles. The maximum Gasteiger partial charge on any atom is 0.171 e. The molecule has 4 heteroatoms. The highest BCUT2D eigenvalue weighted by Crippen LogP contribution is 2.28. The molecule has 1 aromatic rings. The zero-order chi connectivity index (χ0) is 11.7. The van der Waals surface area contributed by atoms with Gasteiger partial charge < -0.3 is 4.90 Å². The summed E-state index contributed by atoms with van der Waals surface area (Å²) in [5, 5.41) is 0.539. The molecule has 1 aliphatic rings. The number of hydrogen-bond donors (Lipinski definition) is 0. The second-order valence-corrected chi connectivity index (χ2v) is 4.91. The van der Waals surface area contributed by atoms with Crippen LogP contribution in [0.3, 0.4) is 0 Å². The Hall–Kier alpha value is -0.830. The smallest absolute Gasteiger partial charge is 0.171 e. The van der Waals surface area contributed by atoms with Crippen molar-refractivity contribution in [3.8, 4) is 0 Å². The predicted octanol–water partition coefficient (Wildman–Crippen LogP) is 3.13. The van der Waals surface area contributed by atoms with E-state index in [-0.39, 0.29) is 0 Å². The lowest BCUT2D eigenvalue weighted by Gasteiger charge is -2.34. The SMILES string of the molecule is Cc1nc(Cl)c(N2CCCCC2C)nc1C. The van der Waals surface area contributed by atoms with Crippen molar-refractivity contribution in [1.29, 1.82) is 0 Å². The lowest BCUT2D eigenvalue weighted by molar-refractivity contribution is 0.480. The highest BCUT2D eigenvalue weighted by Gasteiger charge is 2.22. The summed E-state index contributed by atoms with van der Waals surface area (Å²) in [5.74, 6) is 0.858. The van der Waals surface area contributed by atoms with Crippen molar-refractivity contribution in [1.82, 2.24) is 9.97 Å². The van der Waals surface area contributed by atoms with Gasteiger partial charge >= 0.3 is 0 Å². The number of nitrogens with zero attached hydrogens (tertiary/aromatic N) is 3. The Morgan fingerprint density at radius 3 is 2.56 bits per heavy atom. The predicted molar refractivity (Wildman–Crippen MR) is 67.2 cm³/mol. The summed E-state index contributed by atoms with van der Waals surface area (Å²) in [6.07, 6.45) is 3.73. The monoisotopic (exact) mass is 239 g/mol. The molecule has 1 fully saturated rings. The van der Waals surface area contributed by atoms with Crippen molar-refractivity contribution >= 4 is 17.4 Å². The average Bonchev–Trinajstić information content (AvgIpc) is 2.25. The maximum atomic E-state index is 6.18. The number of aromatic nitrogens is 2. The summed E-state index contributed by atoms with van der Waals surface area (Å²) < 4.78 is 0. The van der Waals surface area contributed by atoms with Crippen LogP contribution < -0.4 is 4.90 Å². The van der Waals surface area contributed by atoms with Gasteiger partial charge in [0.15, 0.2) is 11.0 Å². The van der Waals surface area contributed by atoms with Crippen LogP contribution in [0.4, 0.5) is 5.82 Å². The van der Waals surface area contributed by atoms with Gasteiger partial charge in [-0.2, -0.15) is 0 Å². The van der Waals surface area contributed by atoms with E-state index in [4.69, 9.17) is 11.6 Å². The molecule has 88 valence electrons. The fourth-order valence-electron chi connectivity index (χ4n) is 2.16. The highest BCUT2D eigenvalue weighted by molar-refractivity contribution is 6.31. The van der Waals surface area contributed by atoms with Crippen LogP contribution in [0.1, 0.15) is 37.6 Å². The van der Waals surface area contributed by atoms with Crippen molar-refractivity contribution in [3.63, 3.8) is 0 Å². The third kappa shape index (κ3) is 2.14. The fraction of sp³-hybridized carbons (Fsp3) is 0.667. The minimum atomic E-state index is 0.516. The molecule has 0 radical (unpaired) electrons. The van der Waals surface area contributed by atoms with Crippen LogP contribution in [-0.4, -0.2) is 22.6 Å². The molecule has 2 rings (SSSR count). The van der Waals surface area contributed by atoms with Crippen molar-refractivity contribution < 1.29 is 0 Å². The van der Waals surface area contributed by atoms with Crippen molar-refractivity contribution in [2.45, 2.75) is 46.1 Å². The van der Waals surface area contributed by atoms with E-state index in [1.54, 1.807) is 0 Å². The summed E-state index contributed by atoms with van der Waals surface area (Å²) in [5.41, 5.74) is 1.88. The molecular weight excluding hydrogens is 222 g/mol. The Morgan fingerprint density at radius 2 is 1.88 bits per heavy atom. The van der Waals surface area contributed by atoms with Crippen LogP contribution in [-0.2, 0) is 0 Å². The lowest BCUT2D eigenvalue weighted by atomic mass is 10.0. The molecule has 0 aromatic carbocycles. The van der Waals surface area contributed by atoms with Crippen LogP contribution in [0.25, 0.3) is 0 Å². The van der Waals surface area contributed by atoms with Gasteiger partial charge in [0.1, 0.15) is 0 Å². The van der Waals surface area contributed by atoms with E-state index in [0.717, 1.165) is 23.8 Å². The molecule has 0 amide bonds. The third-order valence-corrected chi connectivity index (χ3v) is 3.58. The van der Waals surface area contributed by atoms with Gasteiger partial charge in [0, 0.05) is 12.6 Å². The summed E-state index contributed by atoms with van der Waals surface area (Å²) in [7, 11) is 0. The largest absolute Gasteiger partial charge is 0.351 e. The highest BCUT2D eigenvalue weighted by atomic mass is 35.5. The van der Waals surface area contributed by atoms with Crippen LogP contribution in [0, 0.1) is 13.8 Å². The Bertz CT molecular complexity index is 392. The number of hydrogen-bond acceptors (Lipinski definition) is 3. The Balaban J connectivity index is 2.35. The number of aryl methyl sites for hydroxylation is 2. The molecule has 16 heavy (non-hydrogen) atoms. The summed E-state index contributed by atoms with van der Waals surface area (Å²) in [6.45, 7) is 7.19. The Labute approximate surface area is 102 Å². The molecule has 0 spiro atoms. The second kappa shape index (κ2) is 4.58. The zero-order valence-electron chi connectivity index (χ0n) is 10.1. The van der Waals surface area contributed by atoms with E-state index >= 15 is 0 Å². The average molecular weight is 240 g/mol. The standard InChI is InChI=1S/C12H18ClN3/c1-8-6-4-5-7-16(8)12-11(13)14-9(2)10(3)15-12/h8H,4-7H2,1-3H3. The van der Waals surface area contributed by atoms with E-state index in [1.165, 1.54) is 19.3 Å². The first-order valence-electron chi connectivity index (χ1n) is 5.87. The van der Waals surface area contributed by atoms with Crippen LogP contribution in [0.15, 0.2) is 0 Å². The van der Waals surface area contributed by atoms with Gasteiger partial charge in [0.05, 0.1) is 11.4 Å². The number of rotatable bonds is 1. The summed E-state index contributed by atoms with van der Waals surface area (Å²) >= 11 is 6.18. The van der Waals surface area contributed by atoms with Crippen molar-refractivity contribution in [2.75, 3.05) is 11.4 Å². The van der Waals surface area contributed by atoms with E-state index in [1.807, 2.05) is 13.8 Å². The molecule has 1 aromatic heterocycles. The van der Waals surface area contributed by atoms with E-state index < -0.39 is 0 Å². The van der Waals surface area contributed by atoms with E-state index in [2.05, 4.69) is 21.8 Å². The molecule has 0 aliphatic carbocycles. The first-order valence-corrected chi connectivity index (χ1v) is 6.25. The molecule has 0 N–H and O–H groups in total. The molecule has 0 bridgehead atoms. The Morgan fingerprint density at radius 1 is 1.19 bits per heavy atom. The third-order valence-electron chi connectivity index (χ3n) is 3.32. The number of halogens is 1. The lowest BCUT2D eigenvalue weighted by Crippen LogP contribution is -2.38. The number of anilines is 1. The van der Waals surface area contributed by atoms with Gasteiger partial charge in [-0.15, -0.1) is 0 Å². The summed E-state index contributed by atoms with van der Waals surface area (Å²) in [6, 6.07) is 0.516. The van der Waals surface area contributed by atoms with Gasteiger partial charge in [0.2, 0.25) is 0 Å². The summed E-state index contributed by atoms with van der Waals surface area (Å²) in [4.78, 5) is 11.2.